The molecule has 0 aromatic heterocycles. The van der Waals surface area contributed by atoms with Gasteiger partial charge in [0, 0.05) is 6.26 Å². The molecule has 2 aromatic carbocycles. The van der Waals surface area contributed by atoms with Crippen LogP contribution in [0, 0.1) is 5.82 Å². The Morgan fingerprint density at radius 3 is 2.09 bits per heavy atom. The first kappa shape index (κ1) is 16.2. The molecule has 3 rings (SSSR count). The maximum Gasteiger partial charge on any atom is 0.175 e. The first-order valence-electron chi connectivity index (χ1n) is 7.34. The highest BCUT2D eigenvalue weighted by atomic mass is 35.5. The van der Waals surface area contributed by atoms with Crippen LogP contribution in [0.15, 0.2) is 47.4 Å². The highest BCUT2D eigenvalue weighted by molar-refractivity contribution is 7.90. The molecule has 0 heterocycles. The van der Waals surface area contributed by atoms with Crippen molar-refractivity contribution in [2.45, 2.75) is 24.2 Å². The number of allylic oxidation sites excluding steroid dienone is 2. The molecule has 0 saturated carbocycles. The lowest BCUT2D eigenvalue weighted by atomic mass is 9.97. The molecule has 5 heteroatoms. The van der Waals surface area contributed by atoms with Gasteiger partial charge in [0.2, 0.25) is 0 Å². The molecule has 120 valence electrons. The van der Waals surface area contributed by atoms with Gasteiger partial charge in [-0.3, -0.25) is 0 Å². The second kappa shape index (κ2) is 6.10. The molecule has 0 saturated heterocycles. The fourth-order valence-corrected chi connectivity index (χ4v) is 3.78. The van der Waals surface area contributed by atoms with E-state index in [0.717, 1.165) is 36.0 Å². The Bertz CT molecular complexity index is 884. The minimum absolute atomic E-state index is 0.119. The third kappa shape index (κ3) is 3.33. The van der Waals surface area contributed by atoms with Gasteiger partial charge < -0.3 is 0 Å². The molecule has 23 heavy (non-hydrogen) atoms. The molecule has 1 aliphatic carbocycles. The van der Waals surface area contributed by atoms with Gasteiger partial charge in [-0.15, -0.1) is 0 Å². The van der Waals surface area contributed by atoms with Crippen molar-refractivity contribution in [2.24, 2.45) is 0 Å². The standard InChI is InChI=1S/C18H16ClFO2S/c1-23(21,22)14-8-5-12(6-9-14)15-3-2-4-16(15)13-7-10-18(20)17(19)11-13/h5-11H,2-4H2,1H3. The lowest BCUT2D eigenvalue weighted by molar-refractivity contribution is 0.602. The average molecular weight is 351 g/mol. The van der Waals surface area contributed by atoms with Crippen molar-refractivity contribution >= 4 is 32.6 Å². The van der Waals surface area contributed by atoms with E-state index in [0.29, 0.717) is 4.90 Å². The van der Waals surface area contributed by atoms with Crippen molar-refractivity contribution in [1.82, 2.24) is 0 Å². The molecule has 0 atom stereocenters. The van der Waals surface area contributed by atoms with Gasteiger partial charge in [-0.25, -0.2) is 12.8 Å². The van der Waals surface area contributed by atoms with Gasteiger partial charge in [-0.05, 0) is 65.8 Å². The van der Waals surface area contributed by atoms with E-state index in [-0.39, 0.29) is 5.02 Å². The molecular weight excluding hydrogens is 335 g/mol. The number of benzene rings is 2. The fourth-order valence-electron chi connectivity index (χ4n) is 2.97. The summed E-state index contributed by atoms with van der Waals surface area (Å²) >= 11 is 5.89. The highest BCUT2D eigenvalue weighted by Gasteiger charge is 2.19. The second-order valence-electron chi connectivity index (χ2n) is 5.74. The minimum Gasteiger partial charge on any atom is -0.224 e. The van der Waals surface area contributed by atoms with Gasteiger partial charge >= 0.3 is 0 Å². The summed E-state index contributed by atoms with van der Waals surface area (Å²) in [6.07, 6.45) is 4.05. The van der Waals surface area contributed by atoms with Crippen LogP contribution in [0.25, 0.3) is 11.1 Å². The molecule has 1 aliphatic rings. The van der Waals surface area contributed by atoms with Gasteiger partial charge in [0.05, 0.1) is 9.92 Å². The molecule has 0 N–H and O–H groups in total. The lowest BCUT2D eigenvalue weighted by Gasteiger charge is -2.10. The molecule has 0 bridgehead atoms. The van der Waals surface area contributed by atoms with Crippen LogP contribution < -0.4 is 0 Å². The topological polar surface area (TPSA) is 34.1 Å². The van der Waals surface area contributed by atoms with E-state index in [4.69, 9.17) is 11.6 Å². The van der Waals surface area contributed by atoms with E-state index in [9.17, 15) is 12.8 Å². The third-order valence-corrected chi connectivity index (χ3v) is 5.53. The van der Waals surface area contributed by atoms with Crippen molar-refractivity contribution in [3.05, 3.63) is 64.4 Å². The summed E-state index contributed by atoms with van der Waals surface area (Å²) < 4.78 is 36.5. The average Bonchev–Trinajstić information content (AvgIpc) is 2.99. The number of hydrogen-bond acceptors (Lipinski definition) is 2. The Hall–Kier alpha value is -1.65. The lowest BCUT2D eigenvalue weighted by Crippen LogP contribution is -1.97. The first-order valence-corrected chi connectivity index (χ1v) is 9.61. The molecule has 0 unspecified atom stereocenters. The van der Waals surface area contributed by atoms with Crippen LogP contribution in [0.5, 0.6) is 0 Å². The van der Waals surface area contributed by atoms with E-state index in [1.165, 1.54) is 17.9 Å². The van der Waals surface area contributed by atoms with Crippen LogP contribution in [-0.2, 0) is 9.84 Å². The largest absolute Gasteiger partial charge is 0.224 e. The zero-order valence-corrected chi connectivity index (χ0v) is 14.2. The van der Waals surface area contributed by atoms with Gasteiger partial charge in [-0.2, -0.15) is 0 Å². The second-order valence-corrected chi connectivity index (χ2v) is 8.16. The van der Waals surface area contributed by atoms with E-state index >= 15 is 0 Å². The molecule has 2 nitrogen and oxygen atoms in total. The predicted octanol–water partition coefficient (Wildman–Crippen LogP) is 4.98. The van der Waals surface area contributed by atoms with E-state index in [2.05, 4.69) is 0 Å². The van der Waals surface area contributed by atoms with Gasteiger partial charge in [0.15, 0.2) is 9.84 Å². The predicted molar refractivity (Wildman–Crippen MR) is 91.6 cm³/mol. The molecule has 2 aromatic rings. The zero-order chi connectivity index (χ0) is 16.6. The molecule has 0 spiro atoms. The Morgan fingerprint density at radius 2 is 1.52 bits per heavy atom. The van der Waals surface area contributed by atoms with Crippen molar-refractivity contribution < 1.29 is 12.8 Å². The van der Waals surface area contributed by atoms with Crippen molar-refractivity contribution in [1.29, 1.82) is 0 Å². The highest BCUT2D eigenvalue weighted by Crippen LogP contribution is 2.40. The van der Waals surface area contributed by atoms with Crippen LogP contribution in [-0.4, -0.2) is 14.7 Å². The summed E-state index contributed by atoms with van der Waals surface area (Å²) in [6.45, 7) is 0. The summed E-state index contributed by atoms with van der Waals surface area (Å²) in [7, 11) is -3.19. The zero-order valence-electron chi connectivity index (χ0n) is 12.6. The fraction of sp³-hybridized carbons (Fsp3) is 0.222. The maximum atomic E-state index is 13.4. The van der Waals surface area contributed by atoms with Crippen molar-refractivity contribution in [3.63, 3.8) is 0 Å². The summed E-state index contributed by atoms with van der Waals surface area (Å²) in [5.41, 5.74) is 4.26. The summed E-state index contributed by atoms with van der Waals surface area (Å²) in [5.74, 6) is -0.423. The Kier molecular flexibility index (Phi) is 4.30. The van der Waals surface area contributed by atoms with Crippen molar-refractivity contribution in [3.8, 4) is 0 Å². The molecule has 0 radical (unpaired) electrons. The summed E-state index contributed by atoms with van der Waals surface area (Å²) in [5, 5.41) is 0.119. The van der Waals surface area contributed by atoms with Crippen LogP contribution in [0.2, 0.25) is 5.02 Å². The molecule has 0 amide bonds. The van der Waals surface area contributed by atoms with Crippen LogP contribution in [0.1, 0.15) is 30.4 Å². The maximum absolute atomic E-state index is 13.4. The molecule has 0 fully saturated rings. The van der Waals surface area contributed by atoms with E-state index < -0.39 is 15.7 Å². The van der Waals surface area contributed by atoms with Crippen LogP contribution >= 0.6 is 11.6 Å². The van der Waals surface area contributed by atoms with Crippen molar-refractivity contribution in [2.75, 3.05) is 6.26 Å². The Morgan fingerprint density at radius 1 is 0.957 bits per heavy atom. The minimum atomic E-state index is -3.19. The number of hydrogen-bond donors (Lipinski definition) is 0. The quantitative estimate of drug-likeness (QED) is 0.782. The first-order chi connectivity index (χ1) is 10.9. The molecular formula is C18H16ClFO2S. The Balaban J connectivity index is 2.04. The number of sulfone groups is 1. The Labute approximate surface area is 140 Å². The van der Waals surface area contributed by atoms with Gasteiger partial charge in [-0.1, -0.05) is 29.8 Å². The van der Waals surface area contributed by atoms with E-state index in [1.807, 2.05) is 12.1 Å². The van der Waals surface area contributed by atoms with E-state index in [1.54, 1.807) is 24.3 Å². The van der Waals surface area contributed by atoms with Crippen LogP contribution in [0.4, 0.5) is 4.39 Å². The number of rotatable bonds is 3. The third-order valence-electron chi connectivity index (χ3n) is 4.12. The van der Waals surface area contributed by atoms with Gasteiger partial charge in [0.1, 0.15) is 5.82 Å². The summed E-state index contributed by atoms with van der Waals surface area (Å²) in [6, 6.07) is 11.7. The van der Waals surface area contributed by atoms with Gasteiger partial charge in [0.25, 0.3) is 0 Å². The normalized spacial score (nSPS) is 15.3. The number of halogens is 2. The summed E-state index contributed by atoms with van der Waals surface area (Å²) in [4.78, 5) is 0.311. The van der Waals surface area contributed by atoms with Crippen LogP contribution in [0.3, 0.4) is 0 Å². The monoisotopic (exact) mass is 350 g/mol. The molecule has 0 aliphatic heterocycles. The SMILES string of the molecule is CS(=O)(=O)c1ccc(C2=C(c3ccc(F)c(Cl)c3)CCC2)cc1. The smallest absolute Gasteiger partial charge is 0.175 e.